The molecule has 0 aliphatic rings. The zero-order valence-corrected chi connectivity index (χ0v) is 11.3. The van der Waals surface area contributed by atoms with Crippen LogP contribution < -0.4 is 0 Å². The molecule has 1 aromatic carbocycles. The molecule has 17 heavy (non-hydrogen) atoms. The van der Waals surface area contributed by atoms with E-state index in [2.05, 4.69) is 25.9 Å². The van der Waals surface area contributed by atoms with Crippen molar-refractivity contribution in [2.75, 3.05) is 0 Å². The summed E-state index contributed by atoms with van der Waals surface area (Å²) in [5, 5.41) is 0.390. The molecule has 0 saturated heterocycles. The van der Waals surface area contributed by atoms with Gasteiger partial charge in [0.2, 0.25) is 0 Å². The molecular weight excluding hydrogens is 304 g/mol. The standard InChI is InChI=1S/C12H10BrClN2O/c13-10-3-1-2-9(4-10)7-17-8-11-5-16-12(14)6-15-11/h1-6H,7-8H2. The molecule has 0 atom stereocenters. The third kappa shape index (κ3) is 4.07. The molecule has 0 bridgehead atoms. The van der Waals surface area contributed by atoms with Crippen LogP contribution >= 0.6 is 27.5 Å². The van der Waals surface area contributed by atoms with Crippen LogP contribution in [0.15, 0.2) is 41.1 Å². The molecule has 3 nitrogen and oxygen atoms in total. The van der Waals surface area contributed by atoms with Crippen molar-refractivity contribution in [1.82, 2.24) is 9.97 Å². The molecule has 0 saturated carbocycles. The van der Waals surface area contributed by atoms with Crippen LogP contribution in [-0.4, -0.2) is 9.97 Å². The highest BCUT2D eigenvalue weighted by atomic mass is 79.9. The van der Waals surface area contributed by atoms with Crippen molar-refractivity contribution in [3.8, 4) is 0 Å². The van der Waals surface area contributed by atoms with Gasteiger partial charge in [0, 0.05) is 4.47 Å². The maximum absolute atomic E-state index is 5.64. The lowest BCUT2D eigenvalue weighted by atomic mass is 10.2. The van der Waals surface area contributed by atoms with Gasteiger partial charge in [-0.25, -0.2) is 4.98 Å². The van der Waals surface area contributed by atoms with Crippen LogP contribution in [0.1, 0.15) is 11.3 Å². The Morgan fingerprint density at radius 2 is 2.06 bits per heavy atom. The highest BCUT2D eigenvalue weighted by molar-refractivity contribution is 9.10. The van der Waals surface area contributed by atoms with Gasteiger partial charge in [0.25, 0.3) is 0 Å². The summed E-state index contributed by atoms with van der Waals surface area (Å²) in [7, 11) is 0. The summed E-state index contributed by atoms with van der Waals surface area (Å²) in [6, 6.07) is 7.99. The maximum atomic E-state index is 5.64. The van der Waals surface area contributed by atoms with Gasteiger partial charge >= 0.3 is 0 Å². The molecule has 0 N–H and O–H groups in total. The van der Waals surface area contributed by atoms with Gasteiger partial charge in [0.1, 0.15) is 5.15 Å². The predicted octanol–water partition coefficient (Wildman–Crippen LogP) is 3.61. The van der Waals surface area contributed by atoms with Crippen molar-refractivity contribution in [1.29, 1.82) is 0 Å². The van der Waals surface area contributed by atoms with Crippen LogP contribution in [0.3, 0.4) is 0 Å². The Morgan fingerprint density at radius 1 is 1.18 bits per heavy atom. The van der Waals surface area contributed by atoms with E-state index in [-0.39, 0.29) is 0 Å². The summed E-state index contributed by atoms with van der Waals surface area (Å²) in [4.78, 5) is 8.03. The average Bonchev–Trinajstić information content (AvgIpc) is 2.32. The minimum atomic E-state index is 0.390. The van der Waals surface area contributed by atoms with E-state index in [1.165, 1.54) is 6.20 Å². The van der Waals surface area contributed by atoms with Crippen molar-refractivity contribution in [2.24, 2.45) is 0 Å². The van der Waals surface area contributed by atoms with Gasteiger partial charge in [-0.15, -0.1) is 0 Å². The van der Waals surface area contributed by atoms with Crippen LogP contribution in [-0.2, 0) is 18.0 Å². The molecule has 0 aliphatic carbocycles. The van der Waals surface area contributed by atoms with E-state index >= 15 is 0 Å². The number of hydrogen-bond donors (Lipinski definition) is 0. The third-order valence-corrected chi connectivity index (χ3v) is 2.77. The number of halogens is 2. The Morgan fingerprint density at radius 3 is 2.76 bits per heavy atom. The second-order valence-corrected chi connectivity index (χ2v) is 4.76. The Balaban J connectivity index is 1.85. The molecule has 0 fully saturated rings. The first-order valence-electron chi connectivity index (χ1n) is 5.02. The van der Waals surface area contributed by atoms with Crippen LogP contribution in [0.5, 0.6) is 0 Å². The molecule has 0 aliphatic heterocycles. The quantitative estimate of drug-likeness (QED) is 0.865. The zero-order valence-electron chi connectivity index (χ0n) is 8.94. The van der Waals surface area contributed by atoms with Gasteiger partial charge in [-0.2, -0.15) is 0 Å². The second kappa shape index (κ2) is 6.10. The van der Waals surface area contributed by atoms with E-state index in [0.29, 0.717) is 18.4 Å². The fourth-order valence-corrected chi connectivity index (χ4v) is 1.86. The largest absolute Gasteiger partial charge is 0.370 e. The van der Waals surface area contributed by atoms with E-state index in [9.17, 15) is 0 Å². The van der Waals surface area contributed by atoms with Gasteiger partial charge in [0.05, 0.1) is 31.3 Å². The van der Waals surface area contributed by atoms with Crippen LogP contribution in [0, 0.1) is 0 Å². The van der Waals surface area contributed by atoms with Gasteiger partial charge in [-0.3, -0.25) is 4.98 Å². The summed E-state index contributed by atoms with van der Waals surface area (Å²) >= 11 is 9.05. The smallest absolute Gasteiger partial charge is 0.147 e. The number of ether oxygens (including phenoxy) is 1. The molecule has 1 heterocycles. The lowest BCUT2D eigenvalue weighted by Crippen LogP contribution is -1.97. The summed E-state index contributed by atoms with van der Waals surface area (Å²) in [5.41, 5.74) is 1.88. The first kappa shape index (κ1) is 12.5. The van der Waals surface area contributed by atoms with Crippen LogP contribution in [0.25, 0.3) is 0 Å². The molecule has 1 aromatic heterocycles. The van der Waals surface area contributed by atoms with Gasteiger partial charge in [0.15, 0.2) is 0 Å². The molecule has 5 heteroatoms. The van der Waals surface area contributed by atoms with E-state index in [1.54, 1.807) is 6.20 Å². The summed E-state index contributed by atoms with van der Waals surface area (Å²) in [6.45, 7) is 0.973. The molecule has 88 valence electrons. The monoisotopic (exact) mass is 312 g/mol. The predicted molar refractivity (Wildman–Crippen MR) is 69.7 cm³/mol. The second-order valence-electron chi connectivity index (χ2n) is 3.45. The first-order chi connectivity index (χ1) is 8.24. The van der Waals surface area contributed by atoms with E-state index < -0.39 is 0 Å². The zero-order chi connectivity index (χ0) is 12.1. The maximum Gasteiger partial charge on any atom is 0.147 e. The van der Waals surface area contributed by atoms with E-state index in [0.717, 1.165) is 15.7 Å². The Labute approximate surface area is 113 Å². The van der Waals surface area contributed by atoms with Crippen molar-refractivity contribution < 1.29 is 4.74 Å². The number of benzene rings is 1. The third-order valence-electron chi connectivity index (χ3n) is 2.08. The number of aromatic nitrogens is 2. The summed E-state index contributed by atoms with van der Waals surface area (Å²) in [6.07, 6.45) is 3.13. The van der Waals surface area contributed by atoms with Crippen LogP contribution in [0.2, 0.25) is 5.15 Å². The molecular formula is C12H10BrClN2O. The highest BCUT2D eigenvalue weighted by Crippen LogP contribution is 2.13. The number of rotatable bonds is 4. The molecule has 2 rings (SSSR count). The Kier molecular flexibility index (Phi) is 4.48. The molecule has 0 radical (unpaired) electrons. The molecule has 0 unspecified atom stereocenters. The van der Waals surface area contributed by atoms with Gasteiger partial charge < -0.3 is 4.74 Å². The fraction of sp³-hybridized carbons (Fsp3) is 0.167. The Hall–Kier alpha value is -0.970. The summed E-state index contributed by atoms with van der Waals surface area (Å²) in [5.74, 6) is 0. The number of hydrogen-bond acceptors (Lipinski definition) is 3. The van der Waals surface area contributed by atoms with Gasteiger partial charge in [-0.1, -0.05) is 39.7 Å². The van der Waals surface area contributed by atoms with E-state index in [1.807, 2.05) is 24.3 Å². The number of nitrogens with zero attached hydrogens (tertiary/aromatic N) is 2. The van der Waals surface area contributed by atoms with E-state index in [4.69, 9.17) is 16.3 Å². The topological polar surface area (TPSA) is 35.0 Å². The molecule has 0 amide bonds. The van der Waals surface area contributed by atoms with Crippen molar-refractivity contribution in [2.45, 2.75) is 13.2 Å². The van der Waals surface area contributed by atoms with Crippen molar-refractivity contribution >= 4 is 27.5 Å². The lowest BCUT2D eigenvalue weighted by molar-refractivity contribution is 0.104. The van der Waals surface area contributed by atoms with Gasteiger partial charge in [-0.05, 0) is 17.7 Å². The minimum Gasteiger partial charge on any atom is -0.370 e. The molecule has 0 spiro atoms. The van der Waals surface area contributed by atoms with Crippen LogP contribution in [0.4, 0.5) is 0 Å². The average molecular weight is 314 g/mol. The normalized spacial score (nSPS) is 10.5. The first-order valence-corrected chi connectivity index (χ1v) is 6.20. The fourth-order valence-electron chi connectivity index (χ4n) is 1.31. The van der Waals surface area contributed by atoms with Crippen molar-refractivity contribution in [3.05, 3.63) is 57.5 Å². The SMILES string of the molecule is Clc1cnc(COCc2cccc(Br)c2)cn1. The van der Waals surface area contributed by atoms with Crippen molar-refractivity contribution in [3.63, 3.8) is 0 Å². The summed E-state index contributed by atoms with van der Waals surface area (Å²) < 4.78 is 6.58. The minimum absolute atomic E-state index is 0.390. The molecule has 2 aromatic rings. The highest BCUT2D eigenvalue weighted by Gasteiger charge is 1.98. The Bertz CT molecular complexity index is 490. The lowest BCUT2D eigenvalue weighted by Gasteiger charge is -2.04.